The second kappa shape index (κ2) is 13.3. The van der Waals surface area contributed by atoms with Crippen LogP contribution in [0.3, 0.4) is 0 Å². The summed E-state index contributed by atoms with van der Waals surface area (Å²) in [5, 5.41) is 5.64. The Morgan fingerprint density at radius 2 is 1.77 bits per heavy atom. The van der Waals surface area contributed by atoms with Gasteiger partial charge in [0.05, 0.1) is 24.1 Å². The van der Waals surface area contributed by atoms with Crippen molar-refractivity contribution in [3.63, 3.8) is 0 Å². The van der Waals surface area contributed by atoms with Crippen molar-refractivity contribution in [2.24, 2.45) is 17.6 Å². The molecule has 208 valence electrons. The zero-order valence-corrected chi connectivity index (χ0v) is 24.0. The van der Waals surface area contributed by atoms with Crippen LogP contribution in [0.2, 0.25) is 0 Å². The normalized spacial score (nSPS) is 15.2. The van der Waals surface area contributed by atoms with Gasteiger partial charge in [0.1, 0.15) is 0 Å². The average molecular weight is 557 g/mol. The molecular weight excluding hydrogens is 520 g/mol. The number of carbonyl (C=O) groups is 3. The number of anilines is 1. The number of nitrogens with two attached hydrogens (primary N) is 1. The molecule has 0 saturated carbocycles. The van der Waals surface area contributed by atoms with E-state index in [-0.39, 0.29) is 11.9 Å². The molecule has 3 aromatic carbocycles. The van der Waals surface area contributed by atoms with Crippen LogP contribution < -0.4 is 21.3 Å². The van der Waals surface area contributed by atoms with Crippen LogP contribution in [-0.2, 0) is 22.7 Å². The number of amides is 4. The van der Waals surface area contributed by atoms with E-state index in [9.17, 15) is 14.4 Å². The molecule has 40 heavy (non-hydrogen) atoms. The fraction of sp³-hybridized carbons (Fsp3) is 0.281. The highest BCUT2D eigenvalue weighted by Gasteiger charge is 2.35. The Morgan fingerprint density at radius 1 is 1.02 bits per heavy atom. The third-order valence-electron chi connectivity index (χ3n) is 7.20. The van der Waals surface area contributed by atoms with E-state index in [2.05, 4.69) is 16.7 Å². The molecule has 0 bridgehead atoms. The zero-order chi connectivity index (χ0) is 28.6. The van der Waals surface area contributed by atoms with E-state index in [0.29, 0.717) is 26.1 Å². The molecule has 0 fully saturated rings. The number of hydrogen-bond donors (Lipinski definition) is 3. The van der Waals surface area contributed by atoms with Crippen LogP contribution in [0.4, 0.5) is 10.5 Å². The van der Waals surface area contributed by atoms with Crippen LogP contribution >= 0.6 is 11.8 Å². The number of carbonyl (C=O) groups excluding carboxylic acids is 3. The lowest BCUT2D eigenvalue weighted by Gasteiger charge is -2.28. The number of primary amides is 1. The van der Waals surface area contributed by atoms with Gasteiger partial charge >= 0.3 is 6.03 Å². The van der Waals surface area contributed by atoms with Crippen molar-refractivity contribution in [2.75, 3.05) is 17.7 Å². The molecule has 1 aliphatic heterocycles. The minimum Gasteiger partial charge on any atom is -0.369 e. The van der Waals surface area contributed by atoms with Crippen LogP contribution in [-0.4, -0.2) is 30.6 Å². The van der Waals surface area contributed by atoms with Crippen molar-refractivity contribution in [1.29, 1.82) is 0 Å². The van der Waals surface area contributed by atoms with Gasteiger partial charge in [-0.05, 0) is 65.6 Å². The summed E-state index contributed by atoms with van der Waals surface area (Å²) in [7, 11) is 0. The van der Waals surface area contributed by atoms with Gasteiger partial charge in [0, 0.05) is 18.0 Å². The second-order valence-corrected chi connectivity index (χ2v) is 10.6. The van der Waals surface area contributed by atoms with Crippen LogP contribution in [0, 0.1) is 11.8 Å². The maximum Gasteiger partial charge on any atom is 0.315 e. The molecule has 1 heterocycles. The minimum atomic E-state index is -0.629. The fourth-order valence-electron chi connectivity index (χ4n) is 5.06. The lowest BCUT2D eigenvalue weighted by atomic mass is 9.88. The standard InChI is InChI=1S/C32H36N4O3S/c1-4-26(30(33)37)28-16-14-23-18-25(40-3)15-17-29(23)36(31(28)38)20-21-10-12-22(13-11-21)27-9-7-6-8-24(27)19-35-32(39)34-5-2/h6-18,26,28H,4-5,19-20H2,1-3H3,(H2,33,37)(H2,34,35,39)/t26?,28-/m1/s1. The molecule has 3 aromatic rings. The van der Waals surface area contributed by atoms with Crippen LogP contribution in [0.1, 0.15) is 37.0 Å². The molecule has 1 aliphatic rings. The van der Waals surface area contributed by atoms with Gasteiger partial charge in [-0.2, -0.15) is 0 Å². The number of fused-ring (bicyclic) bond motifs is 1. The number of hydrogen-bond acceptors (Lipinski definition) is 4. The van der Waals surface area contributed by atoms with Crippen molar-refractivity contribution in [2.45, 2.75) is 38.3 Å². The van der Waals surface area contributed by atoms with Crippen molar-refractivity contribution in [3.8, 4) is 11.1 Å². The van der Waals surface area contributed by atoms with Crippen molar-refractivity contribution >= 4 is 41.4 Å². The molecule has 0 radical (unpaired) electrons. The van der Waals surface area contributed by atoms with Gasteiger partial charge in [-0.3, -0.25) is 9.59 Å². The molecule has 8 heteroatoms. The largest absolute Gasteiger partial charge is 0.369 e. The van der Waals surface area contributed by atoms with E-state index in [1.807, 2.05) is 92.9 Å². The summed E-state index contributed by atoms with van der Waals surface area (Å²) in [6.45, 7) is 5.10. The van der Waals surface area contributed by atoms with E-state index in [0.717, 1.165) is 38.4 Å². The molecule has 1 unspecified atom stereocenters. The Morgan fingerprint density at radius 3 is 2.45 bits per heavy atom. The number of benzene rings is 3. The first kappa shape index (κ1) is 29.0. The van der Waals surface area contributed by atoms with Gasteiger partial charge in [0.2, 0.25) is 11.8 Å². The molecule has 4 amide bonds. The smallest absolute Gasteiger partial charge is 0.315 e. The minimum absolute atomic E-state index is 0.136. The topological polar surface area (TPSA) is 105 Å². The van der Waals surface area contributed by atoms with Gasteiger partial charge < -0.3 is 21.3 Å². The maximum absolute atomic E-state index is 13.9. The van der Waals surface area contributed by atoms with Crippen LogP contribution in [0.25, 0.3) is 17.2 Å². The van der Waals surface area contributed by atoms with Gasteiger partial charge in [-0.25, -0.2) is 4.79 Å². The van der Waals surface area contributed by atoms with Gasteiger partial charge in [-0.1, -0.05) is 67.6 Å². The molecule has 4 rings (SSSR count). The maximum atomic E-state index is 13.9. The first-order chi connectivity index (χ1) is 19.4. The fourth-order valence-corrected chi connectivity index (χ4v) is 5.50. The van der Waals surface area contributed by atoms with Crippen molar-refractivity contribution in [1.82, 2.24) is 10.6 Å². The summed E-state index contributed by atoms with van der Waals surface area (Å²) < 4.78 is 0. The Labute approximate surface area is 240 Å². The van der Waals surface area contributed by atoms with Gasteiger partial charge in [0.25, 0.3) is 0 Å². The molecule has 2 atom stereocenters. The van der Waals surface area contributed by atoms with Crippen LogP contribution in [0.5, 0.6) is 0 Å². The molecule has 4 N–H and O–H groups in total. The van der Waals surface area contributed by atoms with Gasteiger partial charge in [-0.15, -0.1) is 11.8 Å². The summed E-state index contributed by atoms with van der Waals surface area (Å²) in [5.74, 6) is -1.81. The van der Waals surface area contributed by atoms with E-state index in [1.54, 1.807) is 16.7 Å². The Balaban J connectivity index is 1.62. The van der Waals surface area contributed by atoms with Gasteiger partial charge in [0.15, 0.2) is 0 Å². The quantitative estimate of drug-likeness (QED) is 0.284. The SMILES string of the molecule is CCNC(=O)NCc1ccccc1-c1ccc(CN2C(=O)[C@@H](C(CC)C(N)=O)C=Cc3cc(SC)ccc32)cc1. The predicted octanol–water partition coefficient (Wildman–Crippen LogP) is 5.58. The molecular formula is C32H36N4O3S. The monoisotopic (exact) mass is 556 g/mol. The zero-order valence-electron chi connectivity index (χ0n) is 23.1. The molecule has 7 nitrogen and oxygen atoms in total. The predicted molar refractivity (Wildman–Crippen MR) is 163 cm³/mol. The lowest BCUT2D eigenvalue weighted by Crippen LogP contribution is -2.41. The van der Waals surface area contributed by atoms with Crippen molar-refractivity contribution in [3.05, 3.63) is 89.5 Å². The summed E-state index contributed by atoms with van der Waals surface area (Å²) in [4.78, 5) is 40.9. The lowest BCUT2D eigenvalue weighted by molar-refractivity contribution is -0.130. The molecule has 0 aliphatic carbocycles. The average Bonchev–Trinajstić information content (AvgIpc) is 3.09. The summed E-state index contributed by atoms with van der Waals surface area (Å²) >= 11 is 1.64. The Kier molecular flexibility index (Phi) is 9.66. The molecule has 0 aromatic heterocycles. The number of nitrogens with zero attached hydrogens (tertiary/aromatic N) is 1. The Hall–Kier alpha value is -4.04. The number of thioether (sulfide) groups is 1. The van der Waals surface area contributed by atoms with Crippen molar-refractivity contribution < 1.29 is 14.4 Å². The highest BCUT2D eigenvalue weighted by Crippen LogP contribution is 2.35. The number of urea groups is 1. The highest BCUT2D eigenvalue weighted by atomic mass is 32.2. The van der Waals surface area contributed by atoms with E-state index in [4.69, 9.17) is 5.73 Å². The second-order valence-electron chi connectivity index (χ2n) is 9.72. The summed E-state index contributed by atoms with van der Waals surface area (Å²) in [5.41, 5.74) is 11.5. The number of nitrogens with one attached hydrogen (secondary N) is 2. The molecule has 0 saturated heterocycles. The summed E-state index contributed by atoms with van der Waals surface area (Å²) in [6, 6.07) is 21.9. The first-order valence-corrected chi connectivity index (χ1v) is 14.7. The molecule has 0 spiro atoms. The summed E-state index contributed by atoms with van der Waals surface area (Å²) in [6.07, 6.45) is 6.28. The van der Waals surface area contributed by atoms with E-state index >= 15 is 0 Å². The first-order valence-electron chi connectivity index (χ1n) is 13.5. The third-order valence-corrected chi connectivity index (χ3v) is 7.92. The number of rotatable bonds is 10. The van der Waals surface area contributed by atoms with E-state index in [1.165, 1.54) is 0 Å². The van der Waals surface area contributed by atoms with Crippen LogP contribution in [0.15, 0.2) is 77.7 Å². The Bertz CT molecular complexity index is 1400. The third kappa shape index (κ3) is 6.57. The van der Waals surface area contributed by atoms with E-state index < -0.39 is 17.7 Å². The highest BCUT2D eigenvalue weighted by molar-refractivity contribution is 7.98.